The Kier molecular flexibility index (Phi) is 5.20. The third-order valence-electron chi connectivity index (χ3n) is 6.16. The van der Waals surface area contributed by atoms with Crippen molar-refractivity contribution in [3.63, 3.8) is 0 Å². The van der Waals surface area contributed by atoms with Crippen molar-refractivity contribution in [1.82, 2.24) is 0 Å². The molecule has 0 unspecified atom stereocenters. The van der Waals surface area contributed by atoms with Crippen molar-refractivity contribution in [2.24, 2.45) is 0 Å². The van der Waals surface area contributed by atoms with E-state index in [1.165, 1.54) is 24.3 Å². The highest BCUT2D eigenvalue weighted by Crippen LogP contribution is 2.49. The maximum absolute atomic E-state index is 14.1. The fraction of sp³-hybridized carbons (Fsp3) is 0.240. The summed E-state index contributed by atoms with van der Waals surface area (Å²) in [6, 6.07) is 18.5. The van der Waals surface area contributed by atoms with Crippen molar-refractivity contribution in [3.8, 4) is 0 Å². The first-order valence-electron chi connectivity index (χ1n) is 10.4. The van der Waals surface area contributed by atoms with Crippen LogP contribution in [0.1, 0.15) is 46.3 Å². The lowest BCUT2D eigenvalue weighted by Crippen LogP contribution is -2.19. The number of ether oxygens (including phenoxy) is 1. The van der Waals surface area contributed by atoms with Gasteiger partial charge in [0, 0.05) is 17.0 Å². The summed E-state index contributed by atoms with van der Waals surface area (Å²) in [6.45, 7) is 1.75. The van der Waals surface area contributed by atoms with E-state index in [0.29, 0.717) is 23.3 Å². The number of rotatable bonds is 4. The van der Waals surface area contributed by atoms with Gasteiger partial charge in [0.2, 0.25) is 0 Å². The van der Waals surface area contributed by atoms with E-state index in [9.17, 15) is 12.8 Å². The molecule has 7 heteroatoms. The van der Waals surface area contributed by atoms with Crippen molar-refractivity contribution in [3.05, 3.63) is 100 Å². The normalized spacial score (nSPS) is 22.1. The Hall–Kier alpha value is -2.87. The first-order chi connectivity index (χ1) is 15.3. The predicted molar refractivity (Wildman–Crippen MR) is 118 cm³/mol. The van der Waals surface area contributed by atoms with Crippen LogP contribution >= 0.6 is 0 Å². The summed E-state index contributed by atoms with van der Waals surface area (Å²) in [4.78, 5) is 0.0986. The Morgan fingerprint density at radius 2 is 1.75 bits per heavy atom. The largest absolute Gasteiger partial charge is 0.367 e. The molecule has 3 aromatic rings. The number of benzene rings is 3. The fourth-order valence-corrected chi connectivity index (χ4v) is 5.52. The zero-order valence-electron chi connectivity index (χ0n) is 17.4. The van der Waals surface area contributed by atoms with Crippen LogP contribution in [-0.2, 0) is 19.0 Å². The highest BCUT2D eigenvalue weighted by Gasteiger charge is 2.42. The minimum Gasteiger partial charge on any atom is -0.367 e. The number of aryl methyl sites for hydroxylation is 1. The zero-order chi connectivity index (χ0) is 22.5. The molecule has 1 aliphatic carbocycles. The topological polar surface area (TPSA) is 76.5 Å². The summed E-state index contributed by atoms with van der Waals surface area (Å²) in [5, 5.41) is 8.68. The molecule has 5 rings (SSSR count). The van der Waals surface area contributed by atoms with E-state index in [4.69, 9.17) is 14.3 Å². The monoisotopic (exact) mass is 451 g/mol. The van der Waals surface area contributed by atoms with E-state index in [1.54, 1.807) is 18.2 Å². The number of hydrogen-bond donors (Lipinski definition) is 1. The number of halogens is 1. The Balaban J connectivity index is 1.44. The minimum absolute atomic E-state index is 0.0986. The summed E-state index contributed by atoms with van der Waals surface area (Å²) >= 11 is 0. The molecule has 0 saturated carbocycles. The quantitative estimate of drug-likeness (QED) is 0.574. The van der Waals surface area contributed by atoms with Gasteiger partial charge in [-0.1, -0.05) is 42.0 Å². The van der Waals surface area contributed by atoms with Gasteiger partial charge >= 0.3 is 0 Å². The summed E-state index contributed by atoms with van der Waals surface area (Å²) in [5.74, 6) is -0.531. The van der Waals surface area contributed by atoms with Gasteiger partial charge in [0.05, 0.1) is 29.4 Å². The van der Waals surface area contributed by atoms with Gasteiger partial charge in [0.25, 0.3) is 10.1 Å². The molecule has 0 spiro atoms. The second kappa shape index (κ2) is 7.92. The molecule has 3 atom stereocenters. The minimum atomic E-state index is -3.92. The molecule has 1 aliphatic heterocycles. The van der Waals surface area contributed by atoms with Gasteiger partial charge in [0.1, 0.15) is 5.82 Å². The highest BCUT2D eigenvalue weighted by atomic mass is 32.2. The number of fused-ring (bicyclic) bond motifs is 5. The van der Waals surface area contributed by atoms with Crippen LogP contribution in [0.4, 0.5) is 4.39 Å². The van der Waals surface area contributed by atoms with Gasteiger partial charge in [-0.25, -0.2) is 4.39 Å². The average Bonchev–Trinajstić information content (AvgIpc) is 3.18. The van der Waals surface area contributed by atoms with Crippen molar-refractivity contribution in [1.29, 1.82) is 5.41 Å². The molecule has 1 fully saturated rings. The maximum atomic E-state index is 14.1. The summed E-state index contributed by atoms with van der Waals surface area (Å²) in [6.07, 6.45) is -0.462. The van der Waals surface area contributed by atoms with Crippen LogP contribution in [0.25, 0.3) is 0 Å². The molecule has 164 valence electrons. The predicted octanol–water partition coefficient (Wildman–Crippen LogP) is 4.88. The lowest BCUT2D eigenvalue weighted by molar-refractivity contribution is 0.0157. The molecule has 1 N–H and O–H groups in total. The van der Waals surface area contributed by atoms with Crippen LogP contribution in [0.15, 0.2) is 71.6 Å². The molecule has 0 amide bonds. The second-order valence-electron chi connectivity index (χ2n) is 8.27. The van der Waals surface area contributed by atoms with Crippen LogP contribution in [-0.4, -0.2) is 26.8 Å². The molecule has 0 radical (unpaired) electrons. The smallest absolute Gasteiger partial charge is 0.297 e. The zero-order valence-corrected chi connectivity index (χ0v) is 18.2. The van der Waals surface area contributed by atoms with E-state index in [0.717, 1.165) is 16.7 Å². The standard InChI is InChI=1S/C25H22FNO4S/c1-15-6-9-18(10-7-15)32(28,29)30-14-17-13-23-19-4-2-3-5-20(19)24(27)21-11-8-16(26)12-22(21)25(23)31-17/h2-12,17,23,25,27H,13-14H2,1H3/t17-,23-,25-/m1/s1. The summed E-state index contributed by atoms with van der Waals surface area (Å²) in [5.41, 5.74) is 4.26. The number of nitrogens with one attached hydrogen (secondary N) is 1. The van der Waals surface area contributed by atoms with Crippen LogP contribution in [0, 0.1) is 18.2 Å². The van der Waals surface area contributed by atoms with Gasteiger partial charge in [-0.15, -0.1) is 0 Å². The first-order valence-corrected chi connectivity index (χ1v) is 11.8. The van der Waals surface area contributed by atoms with Crippen molar-refractivity contribution in [2.75, 3.05) is 6.61 Å². The Bertz CT molecular complexity index is 1300. The van der Waals surface area contributed by atoms with Gasteiger partial charge in [-0.3, -0.25) is 9.59 Å². The molecular weight excluding hydrogens is 429 g/mol. The van der Waals surface area contributed by atoms with Crippen LogP contribution in [0.5, 0.6) is 0 Å². The molecular formula is C25H22FNO4S. The molecule has 32 heavy (non-hydrogen) atoms. The molecule has 1 saturated heterocycles. The lowest BCUT2D eigenvalue weighted by atomic mass is 9.87. The van der Waals surface area contributed by atoms with Crippen LogP contribution < -0.4 is 0 Å². The molecule has 1 heterocycles. The third kappa shape index (κ3) is 3.66. The molecule has 0 aromatic heterocycles. The van der Waals surface area contributed by atoms with Gasteiger partial charge in [-0.05, 0) is 54.8 Å². The van der Waals surface area contributed by atoms with E-state index >= 15 is 0 Å². The van der Waals surface area contributed by atoms with Gasteiger partial charge in [0.15, 0.2) is 0 Å². The van der Waals surface area contributed by atoms with Gasteiger partial charge < -0.3 is 4.74 Å². The Morgan fingerprint density at radius 1 is 1.03 bits per heavy atom. The second-order valence-corrected chi connectivity index (χ2v) is 9.88. The lowest BCUT2D eigenvalue weighted by Gasteiger charge is -2.19. The summed E-state index contributed by atoms with van der Waals surface area (Å²) in [7, 11) is -3.92. The highest BCUT2D eigenvalue weighted by molar-refractivity contribution is 7.86. The average molecular weight is 452 g/mol. The summed E-state index contributed by atoms with van der Waals surface area (Å²) < 4.78 is 50.9. The van der Waals surface area contributed by atoms with Crippen molar-refractivity contribution < 1.29 is 21.7 Å². The van der Waals surface area contributed by atoms with E-state index in [1.807, 2.05) is 31.2 Å². The Labute approximate surface area is 186 Å². The first kappa shape index (κ1) is 21.0. The molecule has 3 aromatic carbocycles. The van der Waals surface area contributed by atoms with Crippen LogP contribution in [0.2, 0.25) is 0 Å². The molecule has 0 bridgehead atoms. The van der Waals surface area contributed by atoms with E-state index in [-0.39, 0.29) is 17.4 Å². The SMILES string of the molecule is Cc1ccc(S(=O)(=O)OC[C@H]2C[C@@H]3c4ccccc4C(=N)c4ccc(F)cc4[C@H]3O2)cc1. The Morgan fingerprint density at radius 3 is 2.53 bits per heavy atom. The van der Waals surface area contributed by atoms with Crippen molar-refractivity contribution in [2.45, 2.75) is 36.4 Å². The number of hydrogen-bond acceptors (Lipinski definition) is 5. The van der Waals surface area contributed by atoms with Gasteiger partial charge in [-0.2, -0.15) is 8.42 Å². The fourth-order valence-electron chi connectivity index (χ4n) is 4.58. The van der Waals surface area contributed by atoms with Crippen molar-refractivity contribution >= 4 is 15.8 Å². The van der Waals surface area contributed by atoms with E-state index < -0.39 is 28.1 Å². The molecule has 2 aliphatic rings. The van der Waals surface area contributed by atoms with Crippen LogP contribution in [0.3, 0.4) is 0 Å². The third-order valence-corrected chi connectivity index (χ3v) is 7.46. The maximum Gasteiger partial charge on any atom is 0.297 e. The van der Waals surface area contributed by atoms with E-state index in [2.05, 4.69) is 0 Å². The molecule has 5 nitrogen and oxygen atoms in total.